The van der Waals surface area contributed by atoms with Crippen LogP contribution in [0.15, 0.2) is 41.1 Å². The average Bonchev–Trinajstić information content (AvgIpc) is 3.45. The van der Waals surface area contributed by atoms with Crippen molar-refractivity contribution in [3.8, 4) is 11.5 Å². The molecule has 1 fully saturated rings. The van der Waals surface area contributed by atoms with Crippen molar-refractivity contribution in [3.63, 3.8) is 0 Å². The Kier molecular flexibility index (Phi) is 5.38. The molecule has 8 nitrogen and oxygen atoms in total. The van der Waals surface area contributed by atoms with Crippen molar-refractivity contribution in [2.24, 2.45) is 5.92 Å². The van der Waals surface area contributed by atoms with Crippen molar-refractivity contribution in [1.29, 1.82) is 0 Å². The van der Waals surface area contributed by atoms with Gasteiger partial charge in [0.25, 0.3) is 5.91 Å². The van der Waals surface area contributed by atoms with Gasteiger partial charge in [-0.15, -0.1) is 11.3 Å². The molecule has 3 heterocycles. The molecule has 1 aromatic carbocycles. The number of nitrogens with zero attached hydrogens (tertiary/aromatic N) is 2. The molecule has 9 heteroatoms. The van der Waals surface area contributed by atoms with E-state index in [1.165, 1.54) is 16.2 Å². The molecule has 168 valence electrons. The number of rotatable bonds is 5. The average molecular weight is 457 g/mol. The van der Waals surface area contributed by atoms with Crippen molar-refractivity contribution < 1.29 is 28.5 Å². The van der Waals surface area contributed by atoms with Gasteiger partial charge in [0.15, 0.2) is 16.7 Å². The zero-order valence-corrected chi connectivity index (χ0v) is 18.9. The quantitative estimate of drug-likeness (QED) is 0.682. The summed E-state index contributed by atoms with van der Waals surface area (Å²) in [6.45, 7) is 0. The van der Waals surface area contributed by atoms with Crippen LogP contribution in [0.3, 0.4) is 0 Å². The summed E-state index contributed by atoms with van der Waals surface area (Å²) in [5.74, 6) is 0.548. The van der Waals surface area contributed by atoms with Gasteiger partial charge in [-0.25, -0.2) is 4.98 Å². The SMILES string of the molecule is COc1ccc(OC)c(C2C3=C(OC4CC(OC)CCC4C3=O)C(=O)N2c2nccs2)c1. The van der Waals surface area contributed by atoms with E-state index in [0.29, 0.717) is 40.6 Å². The second-order valence-electron chi connectivity index (χ2n) is 8.04. The van der Waals surface area contributed by atoms with Crippen molar-refractivity contribution in [2.75, 3.05) is 26.2 Å². The van der Waals surface area contributed by atoms with Gasteiger partial charge in [0.05, 0.1) is 31.8 Å². The maximum atomic E-state index is 13.8. The van der Waals surface area contributed by atoms with Crippen LogP contribution in [0, 0.1) is 5.92 Å². The number of anilines is 1. The Morgan fingerprint density at radius 3 is 2.69 bits per heavy atom. The van der Waals surface area contributed by atoms with E-state index in [-0.39, 0.29) is 35.6 Å². The third-order valence-corrected chi connectivity index (χ3v) is 7.27. The number of ketones is 1. The number of thiazole rings is 1. The molecule has 0 spiro atoms. The van der Waals surface area contributed by atoms with Crippen molar-refractivity contribution in [3.05, 3.63) is 46.7 Å². The lowest BCUT2D eigenvalue weighted by Crippen LogP contribution is -2.43. The Morgan fingerprint density at radius 1 is 1.16 bits per heavy atom. The van der Waals surface area contributed by atoms with Crippen molar-refractivity contribution in [2.45, 2.75) is 37.5 Å². The number of amides is 1. The molecule has 2 aromatic rings. The number of benzene rings is 1. The van der Waals surface area contributed by atoms with E-state index in [2.05, 4.69) is 4.98 Å². The van der Waals surface area contributed by atoms with Gasteiger partial charge in [0, 0.05) is 30.7 Å². The first kappa shape index (κ1) is 21.0. The summed E-state index contributed by atoms with van der Waals surface area (Å²) in [7, 11) is 4.80. The predicted molar refractivity (Wildman–Crippen MR) is 117 cm³/mol. The largest absolute Gasteiger partial charge is 0.497 e. The number of ether oxygens (including phenoxy) is 4. The first-order chi connectivity index (χ1) is 15.6. The Morgan fingerprint density at radius 2 is 2.00 bits per heavy atom. The maximum Gasteiger partial charge on any atom is 0.296 e. The Hall–Kier alpha value is -2.91. The molecule has 3 aliphatic rings. The molecule has 1 amide bonds. The van der Waals surface area contributed by atoms with Crippen LogP contribution in [0.4, 0.5) is 5.13 Å². The standard InChI is InChI=1S/C23H24N2O6S/c1-28-12-5-7-16(30-3)15(10-12)19-18-20(26)14-6-4-13(29-2)11-17(14)31-21(18)22(27)25(19)23-24-8-9-32-23/h5,7-10,13-14,17,19H,4,6,11H2,1-3H3. The number of fused-ring (bicyclic) bond motifs is 1. The van der Waals surface area contributed by atoms with Crippen LogP contribution in [-0.4, -0.2) is 50.2 Å². The lowest BCUT2D eigenvalue weighted by molar-refractivity contribution is -0.135. The smallest absolute Gasteiger partial charge is 0.296 e. The second kappa shape index (κ2) is 8.22. The van der Waals surface area contributed by atoms with Gasteiger partial charge < -0.3 is 18.9 Å². The molecular formula is C23H24N2O6S. The van der Waals surface area contributed by atoms with Crippen LogP contribution < -0.4 is 14.4 Å². The van der Waals surface area contributed by atoms with E-state index in [1.807, 2.05) is 0 Å². The Labute approximate surface area is 189 Å². The predicted octanol–water partition coefficient (Wildman–Crippen LogP) is 3.29. The van der Waals surface area contributed by atoms with Crippen molar-refractivity contribution >= 4 is 28.2 Å². The fraction of sp³-hybridized carbons (Fsp3) is 0.435. The third kappa shape index (κ3) is 3.18. The van der Waals surface area contributed by atoms with Gasteiger partial charge in [-0.05, 0) is 31.0 Å². The van der Waals surface area contributed by atoms with Gasteiger partial charge >= 0.3 is 0 Å². The number of hydrogen-bond acceptors (Lipinski definition) is 8. The summed E-state index contributed by atoms with van der Waals surface area (Å²) in [5.41, 5.74) is 1.02. The molecule has 32 heavy (non-hydrogen) atoms. The van der Waals surface area contributed by atoms with Crippen LogP contribution in [-0.2, 0) is 19.1 Å². The monoisotopic (exact) mass is 456 g/mol. The molecule has 0 radical (unpaired) electrons. The topological polar surface area (TPSA) is 87.2 Å². The van der Waals surface area contributed by atoms with E-state index in [0.717, 1.165) is 6.42 Å². The van der Waals surface area contributed by atoms with E-state index in [4.69, 9.17) is 18.9 Å². The normalized spacial score (nSPS) is 27.2. The molecular weight excluding hydrogens is 432 g/mol. The lowest BCUT2D eigenvalue weighted by Gasteiger charge is -2.38. The highest BCUT2D eigenvalue weighted by molar-refractivity contribution is 7.13. The molecule has 1 aromatic heterocycles. The summed E-state index contributed by atoms with van der Waals surface area (Å²) < 4.78 is 22.8. The molecule has 1 aliphatic carbocycles. The highest BCUT2D eigenvalue weighted by Gasteiger charge is 2.54. The van der Waals surface area contributed by atoms with E-state index in [9.17, 15) is 9.59 Å². The van der Waals surface area contributed by atoms with Crippen LogP contribution >= 0.6 is 11.3 Å². The van der Waals surface area contributed by atoms with Gasteiger partial charge in [-0.1, -0.05) is 0 Å². The van der Waals surface area contributed by atoms with E-state index >= 15 is 0 Å². The molecule has 5 rings (SSSR count). The van der Waals surface area contributed by atoms with Gasteiger partial charge in [-0.3, -0.25) is 14.5 Å². The Bertz CT molecular complexity index is 1080. The lowest BCUT2D eigenvalue weighted by atomic mass is 9.76. The molecule has 4 unspecified atom stereocenters. The molecule has 0 bridgehead atoms. The summed E-state index contributed by atoms with van der Waals surface area (Å²) in [4.78, 5) is 33.3. The van der Waals surface area contributed by atoms with E-state index in [1.54, 1.807) is 51.1 Å². The third-order valence-electron chi connectivity index (χ3n) is 6.49. The van der Waals surface area contributed by atoms with Gasteiger partial charge in [0.1, 0.15) is 23.6 Å². The number of aromatic nitrogens is 1. The minimum Gasteiger partial charge on any atom is -0.497 e. The van der Waals surface area contributed by atoms with Crippen molar-refractivity contribution in [1.82, 2.24) is 4.98 Å². The highest BCUT2D eigenvalue weighted by atomic mass is 32.1. The summed E-state index contributed by atoms with van der Waals surface area (Å²) >= 11 is 1.33. The first-order valence-corrected chi connectivity index (χ1v) is 11.4. The number of carbonyl (C=O) groups is 2. The summed E-state index contributed by atoms with van der Waals surface area (Å²) in [6.07, 6.45) is 3.32. The zero-order valence-electron chi connectivity index (χ0n) is 18.1. The Balaban J connectivity index is 1.66. The van der Waals surface area contributed by atoms with Crippen LogP contribution in [0.1, 0.15) is 30.9 Å². The first-order valence-electron chi connectivity index (χ1n) is 10.5. The molecule has 4 atom stereocenters. The minimum atomic E-state index is -0.706. The molecule has 2 aliphatic heterocycles. The van der Waals surface area contributed by atoms with Gasteiger partial charge in [-0.2, -0.15) is 0 Å². The van der Waals surface area contributed by atoms with E-state index < -0.39 is 6.04 Å². The van der Waals surface area contributed by atoms with Crippen LogP contribution in [0.25, 0.3) is 0 Å². The molecule has 0 saturated heterocycles. The maximum absolute atomic E-state index is 13.8. The second-order valence-corrected chi connectivity index (χ2v) is 8.91. The summed E-state index contributed by atoms with van der Waals surface area (Å²) in [5, 5.41) is 2.29. The number of Topliss-reactive ketones (excluding diaryl/α,β-unsaturated/α-hetero) is 1. The summed E-state index contributed by atoms with van der Waals surface area (Å²) in [6, 6.07) is 4.65. The van der Waals surface area contributed by atoms with Gasteiger partial charge in [0.2, 0.25) is 0 Å². The fourth-order valence-corrected chi connectivity index (χ4v) is 5.59. The number of carbonyl (C=O) groups excluding carboxylic acids is 2. The number of methoxy groups -OCH3 is 3. The highest BCUT2D eigenvalue weighted by Crippen LogP contribution is 2.50. The number of hydrogen-bond donors (Lipinski definition) is 0. The fourth-order valence-electron chi connectivity index (χ4n) is 4.92. The van der Waals surface area contributed by atoms with Crippen LogP contribution in [0.5, 0.6) is 11.5 Å². The zero-order chi connectivity index (χ0) is 22.4. The van der Waals surface area contributed by atoms with Crippen LogP contribution in [0.2, 0.25) is 0 Å². The minimum absolute atomic E-state index is 0.0204. The molecule has 1 saturated carbocycles. The molecule has 0 N–H and O–H groups in total.